The second kappa shape index (κ2) is 6.97. The van der Waals surface area contributed by atoms with Gasteiger partial charge in [0, 0.05) is 0 Å². The highest BCUT2D eigenvalue weighted by Gasteiger charge is 2.48. The monoisotopic (exact) mass is 290 g/mol. The lowest BCUT2D eigenvalue weighted by Gasteiger charge is -2.41. The molecule has 0 saturated heterocycles. The van der Waals surface area contributed by atoms with Crippen molar-refractivity contribution in [2.75, 3.05) is 0 Å². The third-order valence-corrected chi connectivity index (χ3v) is 9.62. The number of carbonyl (C=O) groups is 1. The lowest BCUT2D eigenvalue weighted by molar-refractivity contribution is -0.280. The van der Waals surface area contributed by atoms with E-state index >= 15 is 0 Å². The van der Waals surface area contributed by atoms with Gasteiger partial charge in [0.25, 0.3) is 0 Å². The van der Waals surface area contributed by atoms with Crippen LogP contribution in [0.25, 0.3) is 0 Å². The predicted octanol–water partition coefficient (Wildman–Crippen LogP) is 3.45. The minimum absolute atomic E-state index is 0.363. The normalized spacial score (nSPS) is 15.4. The molecule has 5 heteroatoms. The quantitative estimate of drug-likeness (QED) is 0.322. The molecule has 0 saturated carbocycles. The van der Waals surface area contributed by atoms with Gasteiger partial charge < -0.3 is 9.90 Å². The van der Waals surface area contributed by atoms with Gasteiger partial charge in [-0.2, -0.15) is 0 Å². The standard InChI is InChI=1S/C14H30O4Si/c1-10(2)19(11(3)4,12(5)6)18-17-13(9-15)14(7,8)16/h9-13,16H,1-8H3. The molecule has 0 bridgehead atoms. The van der Waals surface area contributed by atoms with Crippen LogP contribution in [0, 0.1) is 0 Å². The van der Waals surface area contributed by atoms with Gasteiger partial charge in [0.15, 0.2) is 12.4 Å². The maximum atomic E-state index is 11.0. The molecule has 0 spiro atoms. The van der Waals surface area contributed by atoms with Crippen LogP contribution >= 0.6 is 0 Å². The van der Waals surface area contributed by atoms with E-state index in [2.05, 4.69) is 41.5 Å². The van der Waals surface area contributed by atoms with Crippen molar-refractivity contribution in [2.24, 2.45) is 0 Å². The maximum absolute atomic E-state index is 11.0. The van der Waals surface area contributed by atoms with Crippen LogP contribution in [0.15, 0.2) is 0 Å². The van der Waals surface area contributed by atoms with Gasteiger partial charge in [0.1, 0.15) is 0 Å². The SMILES string of the molecule is CC(C)[Si](OOC(C=O)C(C)(C)O)(C(C)C)C(C)C. The molecule has 0 aliphatic carbocycles. The summed E-state index contributed by atoms with van der Waals surface area (Å²) in [5, 5.41) is 9.87. The molecule has 0 aromatic rings. The van der Waals surface area contributed by atoms with Gasteiger partial charge in [-0.05, 0) is 30.5 Å². The molecule has 0 aromatic heterocycles. The number of carbonyl (C=O) groups excluding carboxylic acids is 1. The molecular weight excluding hydrogens is 260 g/mol. The Bertz CT molecular complexity index is 260. The molecule has 1 N–H and O–H groups in total. The molecule has 0 rings (SSSR count). The molecule has 19 heavy (non-hydrogen) atoms. The molecule has 4 nitrogen and oxygen atoms in total. The van der Waals surface area contributed by atoms with Crippen LogP contribution in [0.3, 0.4) is 0 Å². The molecule has 0 amide bonds. The first-order valence-corrected chi connectivity index (χ1v) is 9.16. The lowest BCUT2D eigenvalue weighted by Crippen LogP contribution is -2.50. The van der Waals surface area contributed by atoms with E-state index in [0.717, 1.165) is 0 Å². The van der Waals surface area contributed by atoms with Crippen LogP contribution in [0.1, 0.15) is 55.4 Å². The molecule has 0 radical (unpaired) electrons. The van der Waals surface area contributed by atoms with Crippen molar-refractivity contribution in [1.82, 2.24) is 0 Å². The van der Waals surface area contributed by atoms with Gasteiger partial charge in [-0.25, -0.2) is 4.89 Å². The number of hydrogen-bond donors (Lipinski definition) is 1. The maximum Gasteiger partial charge on any atom is 0.246 e. The number of aldehydes is 1. The van der Waals surface area contributed by atoms with Crippen LogP contribution in [0.5, 0.6) is 0 Å². The van der Waals surface area contributed by atoms with E-state index in [4.69, 9.17) is 9.46 Å². The summed E-state index contributed by atoms with van der Waals surface area (Å²) in [5.41, 5.74) is -0.155. The van der Waals surface area contributed by atoms with Crippen molar-refractivity contribution in [3.63, 3.8) is 0 Å². The number of aliphatic hydroxyl groups is 1. The third-order valence-electron chi connectivity index (χ3n) is 3.82. The predicted molar refractivity (Wildman–Crippen MR) is 79.4 cm³/mol. The highest BCUT2D eigenvalue weighted by atomic mass is 28.4. The summed E-state index contributed by atoms with van der Waals surface area (Å²) < 4.78 is 5.84. The summed E-state index contributed by atoms with van der Waals surface area (Å²) in [4.78, 5) is 16.4. The first-order chi connectivity index (χ1) is 8.50. The van der Waals surface area contributed by atoms with Gasteiger partial charge in [0.2, 0.25) is 8.32 Å². The van der Waals surface area contributed by atoms with E-state index in [9.17, 15) is 9.90 Å². The summed E-state index contributed by atoms with van der Waals surface area (Å²) in [7, 11) is -2.18. The first kappa shape index (κ1) is 18.8. The third kappa shape index (κ3) is 4.38. The Morgan fingerprint density at radius 3 is 1.58 bits per heavy atom. The second-order valence-corrected chi connectivity index (χ2v) is 12.0. The molecule has 0 aliphatic heterocycles. The Kier molecular flexibility index (Phi) is 6.89. The molecule has 1 unspecified atom stereocenters. The molecule has 0 aromatic carbocycles. The first-order valence-electron chi connectivity index (χ1n) is 7.02. The smallest absolute Gasteiger partial charge is 0.246 e. The highest BCUT2D eigenvalue weighted by Crippen LogP contribution is 2.42. The highest BCUT2D eigenvalue weighted by molar-refractivity contribution is 6.77. The fourth-order valence-electron chi connectivity index (χ4n) is 2.73. The second-order valence-electron chi connectivity index (χ2n) is 6.71. The average molecular weight is 290 g/mol. The summed E-state index contributed by atoms with van der Waals surface area (Å²) in [6.07, 6.45) is -0.365. The van der Waals surface area contributed by atoms with Crippen LogP contribution in [0.4, 0.5) is 0 Å². The molecular formula is C14H30O4Si. The Morgan fingerprint density at radius 1 is 1.00 bits per heavy atom. The van der Waals surface area contributed by atoms with Crippen molar-refractivity contribution >= 4 is 14.6 Å². The topological polar surface area (TPSA) is 55.8 Å². The van der Waals surface area contributed by atoms with Crippen molar-refractivity contribution in [3.8, 4) is 0 Å². The Hall–Kier alpha value is -0.233. The zero-order chi connectivity index (χ0) is 15.4. The Balaban J connectivity index is 5.10. The molecule has 0 aliphatic rings. The average Bonchev–Trinajstić information content (AvgIpc) is 2.20. The Labute approximate surface area is 118 Å². The van der Waals surface area contributed by atoms with E-state index in [1.54, 1.807) is 13.8 Å². The van der Waals surface area contributed by atoms with Crippen LogP contribution < -0.4 is 0 Å². The molecule has 1 atom stereocenters. The fraction of sp³-hybridized carbons (Fsp3) is 0.929. The van der Waals surface area contributed by atoms with Crippen LogP contribution in [0.2, 0.25) is 16.6 Å². The van der Waals surface area contributed by atoms with E-state index in [1.165, 1.54) is 0 Å². The van der Waals surface area contributed by atoms with E-state index in [1.807, 2.05) is 0 Å². The van der Waals surface area contributed by atoms with Crippen LogP contribution in [-0.2, 0) is 14.3 Å². The van der Waals surface area contributed by atoms with Crippen molar-refractivity contribution in [2.45, 2.75) is 83.7 Å². The van der Waals surface area contributed by atoms with Gasteiger partial charge >= 0.3 is 0 Å². The summed E-state index contributed by atoms with van der Waals surface area (Å²) in [6.45, 7) is 15.9. The summed E-state index contributed by atoms with van der Waals surface area (Å²) in [5.74, 6) is 0. The van der Waals surface area contributed by atoms with E-state index < -0.39 is 20.0 Å². The van der Waals surface area contributed by atoms with Crippen LogP contribution in [-0.4, -0.2) is 31.4 Å². The van der Waals surface area contributed by atoms with E-state index in [0.29, 0.717) is 22.9 Å². The van der Waals surface area contributed by atoms with E-state index in [-0.39, 0.29) is 0 Å². The number of rotatable bonds is 8. The van der Waals surface area contributed by atoms with Crippen molar-refractivity contribution in [3.05, 3.63) is 0 Å². The van der Waals surface area contributed by atoms with Gasteiger partial charge in [-0.3, -0.25) is 4.58 Å². The summed E-state index contributed by atoms with van der Waals surface area (Å²) >= 11 is 0. The van der Waals surface area contributed by atoms with Gasteiger partial charge in [-0.15, -0.1) is 0 Å². The Morgan fingerprint density at radius 2 is 1.37 bits per heavy atom. The van der Waals surface area contributed by atoms with Gasteiger partial charge in [0.05, 0.1) is 5.60 Å². The van der Waals surface area contributed by atoms with Gasteiger partial charge in [-0.1, -0.05) is 41.5 Å². The number of hydrogen-bond acceptors (Lipinski definition) is 4. The fourth-order valence-corrected chi connectivity index (χ4v) is 7.58. The largest absolute Gasteiger partial charge is 0.387 e. The van der Waals surface area contributed by atoms with Crippen molar-refractivity contribution < 1.29 is 19.4 Å². The lowest BCUT2D eigenvalue weighted by atomic mass is 10.0. The molecule has 114 valence electrons. The van der Waals surface area contributed by atoms with Crippen molar-refractivity contribution in [1.29, 1.82) is 0 Å². The zero-order valence-electron chi connectivity index (χ0n) is 13.6. The molecule has 0 fully saturated rings. The minimum Gasteiger partial charge on any atom is -0.387 e. The molecule has 0 heterocycles. The summed E-state index contributed by atoms with van der Waals surface area (Å²) in [6, 6.07) is 0. The minimum atomic E-state index is -2.18. The zero-order valence-corrected chi connectivity index (χ0v) is 14.6.